The van der Waals surface area contributed by atoms with Crippen LogP contribution in [0.25, 0.3) is 0 Å². The third-order valence-corrected chi connectivity index (χ3v) is 3.09. The fraction of sp³-hybridized carbons (Fsp3) is 0.364. The Kier molecular flexibility index (Phi) is 2.76. The van der Waals surface area contributed by atoms with Gasteiger partial charge in [-0.05, 0) is 31.0 Å². The van der Waals surface area contributed by atoms with E-state index in [2.05, 4.69) is 5.32 Å². The molecule has 5 heteroatoms. The van der Waals surface area contributed by atoms with Crippen molar-refractivity contribution in [1.29, 1.82) is 0 Å². The highest BCUT2D eigenvalue weighted by Gasteiger charge is 2.50. The highest BCUT2D eigenvalue weighted by atomic mass is 35.5. The smallest absolute Gasteiger partial charge is 0.311 e. The Balaban J connectivity index is 2.05. The predicted octanol–water partition coefficient (Wildman–Crippen LogP) is 2.76. The summed E-state index contributed by atoms with van der Waals surface area (Å²) in [5, 5.41) is 12.2. The molecule has 16 heavy (non-hydrogen) atoms. The molecule has 0 radical (unpaired) electrons. The van der Waals surface area contributed by atoms with Crippen LogP contribution in [-0.2, 0) is 4.79 Å². The van der Waals surface area contributed by atoms with E-state index in [1.54, 1.807) is 0 Å². The molecule has 0 aliphatic heterocycles. The molecule has 0 saturated heterocycles. The summed E-state index contributed by atoms with van der Waals surface area (Å²) in [6, 6.07) is 4.16. The number of carboxylic acid groups (broad SMARTS) is 1. The third-order valence-electron chi connectivity index (χ3n) is 2.85. The lowest BCUT2D eigenvalue weighted by Crippen LogP contribution is -2.24. The predicted molar refractivity (Wildman–Crippen MR) is 59.2 cm³/mol. The normalized spacial score (nSPS) is 16.9. The molecule has 0 amide bonds. The van der Waals surface area contributed by atoms with E-state index in [9.17, 15) is 9.18 Å². The molecule has 1 aromatic rings. The zero-order valence-corrected chi connectivity index (χ0v) is 9.22. The van der Waals surface area contributed by atoms with Gasteiger partial charge in [-0.25, -0.2) is 4.39 Å². The molecule has 2 N–H and O–H groups in total. The van der Waals surface area contributed by atoms with Crippen molar-refractivity contribution in [3.05, 3.63) is 29.0 Å². The van der Waals surface area contributed by atoms with E-state index in [4.69, 9.17) is 16.7 Å². The van der Waals surface area contributed by atoms with Crippen molar-refractivity contribution in [3.8, 4) is 0 Å². The Bertz CT molecular complexity index is 432. The fourth-order valence-corrected chi connectivity index (χ4v) is 1.69. The molecule has 0 atom stereocenters. The highest BCUT2D eigenvalue weighted by molar-refractivity contribution is 6.30. The van der Waals surface area contributed by atoms with Crippen LogP contribution in [-0.4, -0.2) is 17.6 Å². The van der Waals surface area contributed by atoms with E-state index in [-0.39, 0.29) is 12.2 Å². The Morgan fingerprint density at radius 2 is 2.25 bits per heavy atom. The van der Waals surface area contributed by atoms with Gasteiger partial charge in [0.2, 0.25) is 0 Å². The summed E-state index contributed by atoms with van der Waals surface area (Å²) in [4.78, 5) is 10.9. The molecule has 0 unspecified atom stereocenters. The van der Waals surface area contributed by atoms with Crippen LogP contribution in [0.5, 0.6) is 0 Å². The average Bonchev–Trinajstić information content (AvgIpc) is 3.00. The number of hydrogen-bond acceptors (Lipinski definition) is 2. The standard InChI is InChI=1S/C11H11ClFNO2/c12-7-1-2-8(13)9(5-7)14-6-11(3-4-11)10(15)16/h1-2,5,14H,3-4,6H2,(H,15,16). The molecule has 3 nitrogen and oxygen atoms in total. The molecule has 1 aliphatic carbocycles. The number of carboxylic acids is 1. The Labute approximate surface area is 97.2 Å². The average molecular weight is 244 g/mol. The number of carbonyl (C=O) groups is 1. The van der Waals surface area contributed by atoms with E-state index < -0.39 is 17.2 Å². The topological polar surface area (TPSA) is 49.3 Å². The molecule has 86 valence electrons. The van der Waals surface area contributed by atoms with Crippen LogP contribution in [0.1, 0.15) is 12.8 Å². The lowest BCUT2D eigenvalue weighted by atomic mass is 10.1. The van der Waals surface area contributed by atoms with Crippen molar-refractivity contribution in [2.45, 2.75) is 12.8 Å². The molecule has 1 aromatic carbocycles. The minimum absolute atomic E-state index is 0.236. The second-order valence-corrected chi connectivity index (χ2v) is 4.50. The number of benzene rings is 1. The summed E-state index contributed by atoms with van der Waals surface area (Å²) < 4.78 is 13.3. The van der Waals surface area contributed by atoms with Crippen molar-refractivity contribution in [3.63, 3.8) is 0 Å². The Morgan fingerprint density at radius 1 is 1.56 bits per heavy atom. The minimum atomic E-state index is -0.831. The van der Waals surface area contributed by atoms with Gasteiger partial charge >= 0.3 is 5.97 Å². The van der Waals surface area contributed by atoms with E-state index in [0.29, 0.717) is 17.9 Å². The number of hydrogen-bond donors (Lipinski definition) is 2. The summed E-state index contributed by atoms with van der Waals surface area (Å²) in [5.74, 6) is -1.26. The van der Waals surface area contributed by atoms with Crippen molar-refractivity contribution in [2.75, 3.05) is 11.9 Å². The second-order valence-electron chi connectivity index (χ2n) is 4.06. The first-order chi connectivity index (χ1) is 7.53. The summed E-state index contributed by atoms with van der Waals surface area (Å²) in [6.45, 7) is 0.236. The third kappa shape index (κ3) is 2.11. The Hall–Kier alpha value is -1.29. The maximum Gasteiger partial charge on any atom is 0.311 e. The zero-order chi connectivity index (χ0) is 11.8. The minimum Gasteiger partial charge on any atom is -0.481 e. The lowest BCUT2D eigenvalue weighted by molar-refractivity contribution is -0.142. The molecule has 0 spiro atoms. The van der Waals surface area contributed by atoms with Gasteiger partial charge in [0.15, 0.2) is 0 Å². The first kappa shape index (κ1) is 11.2. The van der Waals surface area contributed by atoms with Gasteiger partial charge in [-0.2, -0.15) is 0 Å². The highest BCUT2D eigenvalue weighted by Crippen LogP contribution is 2.45. The van der Waals surface area contributed by atoms with Gasteiger partial charge < -0.3 is 10.4 Å². The van der Waals surface area contributed by atoms with Crippen LogP contribution in [0.2, 0.25) is 5.02 Å². The van der Waals surface area contributed by atoms with E-state index in [0.717, 1.165) is 0 Å². The van der Waals surface area contributed by atoms with Crippen LogP contribution < -0.4 is 5.32 Å². The first-order valence-corrected chi connectivity index (χ1v) is 5.34. The van der Waals surface area contributed by atoms with E-state index in [1.165, 1.54) is 18.2 Å². The van der Waals surface area contributed by atoms with Gasteiger partial charge in [0.1, 0.15) is 5.82 Å². The molecule has 0 aromatic heterocycles. The van der Waals surface area contributed by atoms with Crippen LogP contribution in [0.15, 0.2) is 18.2 Å². The maximum atomic E-state index is 13.3. The van der Waals surface area contributed by atoms with Gasteiger partial charge in [-0.3, -0.25) is 4.79 Å². The zero-order valence-electron chi connectivity index (χ0n) is 8.46. The lowest BCUT2D eigenvalue weighted by Gasteiger charge is -2.12. The first-order valence-electron chi connectivity index (χ1n) is 4.96. The number of aliphatic carboxylic acids is 1. The molecular weight excluding hydrogens is 233 g/mol. The molecule has 0 bridgehead atoms. The van der Waals surface area contributed by atoms with Crippen molar-refractivity contribution >= 4 is 23.3 Å². The van der Waals surface area contributed by atoms with Crippen molar-refractivity contribution in [2.24, 2.45) is 5.41 Å². The maximum absolute atomic E-state index is 13.3. The molecule has 1 fully saturated rings. The Morgan fingerprint density at radius 3 is 2.81 bits per heavy atom. The van der Waals surface area contributed by atoms with Gasteiger partial charge in [0.05, 0.1) is 11.1 Å². The SMILES string of the molecule is O=C(O)C1(CNc2cc(Cl)ccc2F)CC1. The van der Waals surface area contributed by atoms with E-state index >= 15 is 0 Å². The number of rotatable bonds is 4. The van der Waals surface area contributed by atoms with Crippen LogP contribution in [0.4, 0.5) is 10.1 Å². The largest absolute Gasteiger partial charge is 0.481 e. The summed E-state index contributed by atoms with van der Waals surface area (Å²) in [7, 11) is 0. The van der Waals surface area contributed by atoms with Crippen molar-refractivity contribution < 1.29 is 14.3 Å². The monoisotopic (exact) mass is 243 g/mol. The van der Waals surface area contributed by atoms with Crippen LogP contribution in [0.3, 0.4) is 0 Å². The summed E-state index contributed by atoms with van der Waals surface area (Å²) in [6.07, 6.45) is 1.27. The summed E-state index contributed by atoms with van der Waals surface area (Å²) >= 11 is 5.72. The molecule has 2 rings (SSSR count). The number of halogens is 2. The van der Waals surface area contributed by atoms with E-state index in [1.807, 2.05) is 0 Å². The molecule has 1 aliphatic rings. The molecule has 1 saturated carbocycles. The quantitative estimate of drug-likeness (QED) is 0.855. The van der Waals surface area contributed by atoms with Crippen molar-refractivity contribution in [1.82, 2.24) is 0 Å². The molecule has 0 heterocycles. The van der Waals surface area contributed by atoms with Gasteiger partial charge in [-0.1, -0.05) is 11.6 Å². The van der Waals surface area contributed by atoms with Gasteiger partial charge in [-0.15, -0.1) is 0 Å². The molecular formula is C11H11ClFNO2. The summed E-state index contributed by atoms with van der Waals surface area (Å²) in [5.41, 5.74) is -0.464. The van der Waals surface area contributed by atoms with Gasteiger partial charge in [0, 0.05) is 11.6 Å². The fourth-order valence-electron chi connectivity index (χ4n) is 1.51. The van der Waals surface area contributed by atoms with Gasteiger partial charge in [0.25, 0.3) is 0 Å². The van der Waals surface area contributed by atoms with Crippen LogP contribution >= 0.6 is 11.6 Å². The second kappa shape index (κ2) is 3.94. The number of anilines is 1. The van der Waals surface area contributed by atoms with Crippen LogP contribution in [0, 0.1) is 11.2 Å². The number of nitrogens with one attached hydrogen (secondary N) is 1.